The SMILES string of the molecule is C=C(C(=O)[C@H](OC(C)=O)C1[C@@H](OC(C)=O)C[C@@]2(C)C3CCC4[C@H](C)C(=O)C=C[C@@]45C[C@@]35CC[C@]12C)[C@@H](C)COP(=O)(O)O. The molecule has 0 radical (unpaired) electrons. The molecule has 5 aliphatic carbocycles. The summed E-state index contributed by atoms with van der Waals surface area (Å²) >= 11 is 0. The normalized spacial score (nSPS) is 42.4. The summed E-state index contributed by atoms with van der Waals surface area (Å²) in [4.78, 5) is 69.9. The monoisotopic (exact) mass is 620 g/mol. The van der Waals surface area contributed by atoms with Gasteiger partial charge in [-0.1, -0.05) is 40.3 Å². The Morgan fingerprint density at radius 2 is 1.79 bits per heavy atom. The average molecular weight is 621 g/mol. The van der Waals surface area contributed by atoms with E-state index in [-0.39, 0.29) is 39.4 Å². The number of fused-ring (bicyclic) bond motifs is 2. The molecule has 4 fully saturated rings. The standard InChI is InChI=1S/C32H45O10P/c1-17(15-40-43(37,38)39)18(2)27(36)28(42-21(5)34)26-24(41-20(4)33)14-30(7)25-9-8-22-19(3)23(35)10-11-31(22)16-32(25,31)13-12-29(26,30)6/h10-11,17,19,22,24-26,28H,2,8-9,12-16H2,1,3-7H3,(H2,37,38,39)/t17-,19-,22?,24-,25?,26?,28+,29+,30-,31+,32-/m0/s1. The van der Waals surface area contributed by atoms with Crippen LogP contribution in [-0.4, -0.2) is 52.1 Å². The summed E-state index contributed by atoms with van der Waals surface area (Å²) in [6.45, 7) is 14.0. The molecule has 5 aliphatic rings. The van der Waals surface area contributed by atoms with Crippen molar-refractivity contribution in [2.24, 2.45) is 51.2 Å². The fourth-order valence-electron chi connectivity index (χ4n) is 10.5. The van der Waals surface area contributed by atoms with Gasteiger partial charge in [0, 0.05) is 31.6 Å². The van der Waals surface area contributed by atoms with Crippen molar-refractivity contribution in [2.45, 2.75) is 92.3 Å². The minimum Gasteiger partial charge on any atom is -0.462 e. The number of carbonyl (C=O) groups excluding carboxylic acids is 4. The highest BCUT2D eigenvalue weighted by Gasteiger charge is 2.82. The molecule has 0 aliphatic heterocycles. The van der Waals surface area contributed by atoms with Crippen molar-refractivity contribution < 1.29 is 47.5 Å². The van der Waals surface area contributed by atoms with Gasteiger partial charge in [0.2, 0.25) is 0 Å². The first-order valence-corrected chi connectivity index (χ1v) is 16.9. The molecule has 2 N–H and O–H groups in total. The van der Waals surface area contributed by atoms with E-state index in [0.717, 1.165) is 32.1 Å². The minimum absolute atomic E-state index is 0.00918. The van der Waals surface area contributed by atoms with Crippen LogP contribution < -0.4 is 0 Å². The van der Waals surface area contributed by atoms with E-state index in [2.05, 4.69) is 37.9 Å². The molecule has 0 amide bonds. The lowest BCUT2D eigenvalue weighted by Crippen LogP contribution is -2.57. The molecule has 0 aromatic heterocycles. The highest BCUT2D eigenvalue weighted by atomic mass is 31.2. The number of hydrogen-bond donors (Lipinski definition) is 2. The van der Waals surface area contributed by atoms with Crippen LogP contribution in [0.3, 0.4) is 0 Å². The number of Topliss-reactive ketones (excluding diaryl/α,β-unsaturated/α-hetero) is 1. The van der Waals surface area contributed by atoms with Crippen molar-refractivity contribution in [3.8, 4) is 0 Å². The zero-order valence-corrected chi connectivity index (χ0v) is 26.9. The molecular formula is C32H45O10P. The van der Waals surface area contributed by atoms with E-state index in [1.54, 1.807) is 13.0 Å². The highest BCUT2D eigenvalue weighted by molar-refractivity contribution is 7.46. The van der Waals surface area contributed by atoms with Crippen molar-refractivity contribution >= 4 is 31.3 Å². The number of rotatable bonds is 9. The summed E-state index contributed by atoms with van der Waals surface area (Å²) in [6.07, 6.45) is 6.98. The van der Waals surface area contributed by atoms with Gasteiger partial charge in [-0.05, 0) is 83.7 Å². The molecule has 4 saturated carbocycles. The molecule has 238 valence electrons. The van der Waals surface area contributed by atoms with Crippen molar-refractivity contribution in [3.63, 3.8) is 0 Å². The summed E-state index contributed by atoms with van der Waals surface area (Å²) in [5.74, 6) is -2.39. The third-order valence-electron chi connectivity index (χ3n) is 12.6. The van der Waals surface area contributed by atoms with Crippen molar-refractivity contribution in [1.29, 1.82) is 0 Å². The van der Waals surface area contributed by atoms with Crippen LogP contribution in [0.1, 0.15) is 80.1 Å². The average Bonchev–Trinajstić information content (AvgIpc) is 3.51. The minimum atomic E-state index is -4.78. The lowest BCUT2D eigenvalue weighted by molar-refractivity contribution is -0.173. The van der Waals surface area contributed by atoms with Gasteiger partial charge in [0.05, 0.1) is 6.61 Å². The maximum atomic E-state index is 14.1. The molecule has 0 heterocycles. The van der Waals surface area contributed by atoms with E-state index in [1.165, 1.54) is 13.8 Å². The van der Waals surface area contributed by atoms with Gasteiger partial charge in [0.15, 0.2) is 17.7 Å². The number of hydrogen-bond acceptors (Lipinski definition) is 8. The molecule has 0 aromatic rings. The first-order chi connectivity index (χ1) is 19.8. The molecule has 3 unspecified atom stereocenters. The lowest BCUT2D eigenvalue weighted by Gasteiger charge is -2.60. The molecule has 43 heavy (non-hydrogen) atoms. The van der Waals surface area contributed by atoms with Crippen molar-refractivity contribution in [3.05, 3.63) is 24.3 Å². The second kappa shape index (κ2) is 10.5. The molecule has 10 nitrogen and oxygen atoms in total. The number of ketones is 2. The predicted molar refractivity (Wildman–Crippen MR) is 155 cm³/mol. The highest BCUT2D eigenvalue weighted by Crippen LogP contribution is 2.87. The quantitative estimate of drug-likeness (QED) is 0.210. The predicted octanol–water partition coefficient (Wildman–Crippen LogP) is 4.72. The van der Waals surface area contributed by atoms with Crippen molar-refractivity contribution in [1.82, 2.24) is 0 Å². The number of ether oxygens (including phenoxy) is 2. The largest absolute Gasteiger partial charge is 0.469 e. The van der Waals surface area contributed by atoms with Crippen LogP contribution in [0.25, 0.3) is 0 Å². The Morgan fingerprint density at radius 1 is 1.12 bits per heavy atom. The van der Waals surface area contributed by atoms with E-state index in [0.29, 0.717) is 12.3 Å². The van der Waals surface area contributed by atoms with Crippen LogP contribution in [0.5, 0.6) is 0 Å². The molecular weight excluding hydrogens is 575 g/mol. The van der Waals surface area contributed by atoms with E-state index in [1.807, 2.05) is 0 Å². The summed E-state index contributed by atoms with van der Waals surface area (Å²) in [6, 6.07) is 0. The van der Waals surface area contributed by atoms with Crippen LogP contribution in [0.15, 0.2) is 24.3 Å². The van der Waals surface area contributed by atoms with E-state index in [4.69, 9.17) is 19.3 Å². The Hall–Kier alpha value is -2.13. The van der Waals surface area contributed by atoms with E-state index < -0.39 is 61.6 Å². The summed E-state index contributed by atoms with van der Waals surface area (Å²) in [7, 11) is -4.78. The van der Waals surface area contributed by atoms with Gasteiger partial charge in [-0.2, -0.15) is 0 Å². The van der Waals surface area contributed by atoms with Crippen molar-refractivity contribution in [2.75, 3.05) is 6.61 Å². The lowest BCUT2D eigenvalue weighted by atomic mass is 9.43. The Kier molecular flexibility index (Phi) is 7.85. The van der Waals surface area contributed by atoms with Gasteiger partial charge in [0.25, 0.3) is 0 Å². The topological polar surface area (TPSA) is 154 Å². The zero-order chi connectivity index (χ0) is 31.9. The third-order valence-corrected chi connectivity index (χ3v) is 13.1. The summed E-state index contributed by atoms with van der Waals surface area (Å²) in [5.41, 5.74) is -0.891. The second-order valence-corrected chi connectivity index (χ2v) is 15.7. The van der Waals surface area contributed by atoms with Crippen LogP contribution in [0.2, 0.25) is 0 Å². The van der Waals surface area contributed by atoms with E-state index in [9.17, 15) is 23.7 Å². The molecule has 0 aromatic carbocycles. The summed E-state index contributed by atoms with van der Waals surface area (Å²) < 4.78 is 27.6. The number of esters is 2. The number of phosphoric ester groups is 1. The smallest absolute Gasteiger partial charge is 0.462 e. The fraction of sp³-hybridized carbons (Fsp3) is 0.750. The second-order valence-electron chi connectivity index (χ2n) is 14.5. The first-order valence-electron chi connectivity index (χ1n) is 15.3. The zero-order valence-electron chi connectivity index (χ0n) is 26.0. The molecule has 0 saturated heterocycles. The first kappa shape index (κ1) is 32.3. The van der Waals surface area contributed by atoms with Gasteiger partial charge in [-0.25, -0.2) is 4.57 Å². The maximum Gasteiger partial charge on any atom is 0.469 e. The van der Waals surface area contributed by atoms with Gasteiger partial charge in [-0.3, -0.25) is 23.7 Å². The number of carbonyl (C=O) groups is 4. The molecule has 5 rings (SSSR count). The van der Waals surface area contributed by atoms with Gasteiger partial charge >= 0.3 is 19.8 Å². The Labute approximate surface area is 253 Å². The molecule has 11 heteroatoms. The Balaban J connectivity index is 1.52. The number of allylic oxidation sites excluding steroid dienone is 2. The van der Waals surface area contributed by atoms with Crippen LogP contribution in [0.4, 0.5) is 0 Å². The van der Waals surface area contributed by atoms with E-state index >= 15 is 0 Å². The van der Waals surface area contributed by atoms with Gasteiger partial charge < -0.3 is 19.3 Å². The third kappa shape index (κ3) is 4.82. The maximum absolute atomic E-state index is 14.1. The molecule has 11 atom stereocenters. The summed E-state index contributed by atoms with van der Waals surface area (Å²) in [5, 5.41) is 0. The fourth-order valence-corrected chi connectivity index (χ4v) is 10.9. The van der Waals surface area contributed by atoms with Crippen LogP contribution in [0, 0.1) is 51.2 Å². The molecule has 0 bridgehead atoms. The van der Waals surface area contributed by atoms with Gasteiger partial charge in [0.1, 0.15) is 6.10 Å². The van der Waals surface area contributed by atoms with Crippen LogP contribution in [-0.2, 0) is 37.7 Å². The Morgan fingerprint density at radius 3 is 2.40 bits per heavy atom. The Bertz CT molecular complexity index is 1330. The number of phosphoric acid groups is 1. The van der Waals surface area contributed by atoms with Crippen LogP contribution >= 0.6 is 7.82 Å². The van der Waals surface area contributed by atoms with Gasteiger partial charge in [-0.15, -0.1) is 0 Å². The molecule has 2 spiro atoms.